The van der Waals surface area contributed by atoms with Crippen LogP contribution in [0.2, 0.25) is 0 Å². The average Bonchev–Trinajstić information content (AvgIpc) is 3.79. The third-order valence-corrected chi connectivity index (χ3v) is 13.4. The quantitative estimate of drug-likeness (QED) is 0.156. The highest BCUT2D eigenvalue weighted by Crippen LogP contribution is 2.54. The number of benzene rings is 9. The molecule has 0 atom stereocenters. The number of fused-ring (bicyclic) bond motifs is 6. The topological polar surface area (TPSA) is 3.24 Å². The molecule has 0 spiro atoms. The van der Waals surface area contributed by atoms with Crippen molar-refractivity contribution in [3.63, 3.8) is 0 Å². The van der Waals surface area contributed by atoms with Crippen molar-refractivity contribution in [3.05, 3.63) is 223 Å². The summed E-state index contributed by atoms with van der Waals surface area (Å²) in [5.41, 5.74) is 18.3. The lowest BCUT2D eigenvalue weighted by Crippen LogP contribution is -2.15. The Morgan fingerprint density at radius 3 is 1.75 bits per heavy atom. The monoisotopic (exact) mass is 771 g/mol. The van der Waals surface area contributed by atoms with Crippen LogP contribution in [0.3, 0.4) is 0 Å². The van der Waals surface area contributed by atoms with Crippen molar-refractivity contribution in [1.82, 2.24) is 0 Å². The van der Waals surface area contributed by atoms with E-state index in [1.54, 1.807) is 0 Å². The average molecular weight is 772 g/mol. The first-order chi connectivity index (χ1) is 29.0. The summed E-state index contributed by atoms with van der Waals surface area (Å²) in [5.74, 6) is 0. The molecule has 280 valence electrons. The minimum atomic E-state index is -0.0941. The molecule has 1 heterocycles. The van der Waals surface area contributed by atoms with Crippen LogP contribution >= 0.6 is 11.3 Å². The molecule has 0 radical (unpaired) electrons. The van der Waals surface area contributed by atoms with Crippen LogP contribution in [0.1, 0.15) is 25.0 Å². The van der Waals surface area contributed by atoms with Gasteiger partial charge in [0.2, 0.25) is 0 Å². The Balaban J connectivity index is 1.11. The number of nitrogens with zero attached hydrogens (tertiary/aromatic N) is 1. The fourth-order valence-corrected chi connectivity index (χ4v) is 10.6. The Morgan fingerprint density at radius 2 is 0.949 bits per heavy atom. The second-order valence-corrected chi connectivity index (χ2v) is 17.2. The normalized spacial score (nSPS) is 12.7. The van der Waals surface area contributed by atoms with Gasteiger partial charge < -0.3 is 4.90 Å². The first-order valence-corrected chi connectivity index (χ1v) is 21.2. The fourth-order valence-electron chi connectivity index (χ4n) is 9.41. The molecular weight excluding hydrogens is 731 g/mol. The van der Waals surface area contributed by atoms with Gasteiger partial charge in [-0.15, -0.1) is 11.3 Å². The summed E-state index contributed by atoms with van der Waals surface area (Å²) in [6.07, 6.45) is 0. The third-order valence-electron chi connectivity index (χ3n) is 12.3. The molecule has 1 nitrogen and oxygen atoms in total. The second kappa shape index (κ2) is 14.1. The second-order valence-electron chi connectivity index (χ2n) is 16.1. The summed E-state index contributed by atoms with van der Waals surface area (Å²) in [6.45, 7) is 4.72. The van der Waals surface area contributed by atoms with Crippen LogP contribution in [0, 0.1) is 0 Å². The summed E-state index contributed by atoms with van der Waals surface area (Å²) in [7, 11) is 0. The lowest BCUT2D eigenvalue weighted by atomic mass is 9.82. The molecule has 59 heavy (non-hydrogen) atoms. The molecule has 11 rings (SSSR count). The van der Waals surface area contributed by atoms with Crippen LogP contribution < -0.4 is 4.90 Å². The molecule has 0 saturated carbocycles. The number of para-hydroxylation sites is 1. The smallest absolute Gasteiger partial charge is 0.0540 e. The lowest BCUT2D eigenvalue weighted by molar-refractivity contribution is 0.660. The molecule has 1 aliphatic carbocycles. The van der Waals surface area contributed by atoms with E-state index in [4.69, 9.17) is 0 Å². The van der Waals surface area contributed by atoms with Gasteiger partial charge in [-0.05, 0) is 104 Å². The highest BCUT2D eigenvalue weighted by molar-refractivity contribution is 7.25. The SMILES string of the molecule is CC1(C)c2ccccc2-c2c(-c3ccccc3N(c3ccc(-c4ccc5c(c4)sc4ccccc45)cc3)c3ccc(-c4ccccc4)c(-c4ccccc4)c3)cccc21. The van der Waals surface area contributed by atoms with Gasteiger partial charge in [-0.3, -0.25) is 0 Å². The molecule has 1 aliphatic rings. The Morgan fingerprint density at radius 1 is 0.356 bits per heavy atom. The largest absolute Gasteiger partial charge is 0.310 e. The maximum absolute atomic E-state index is 2.46. The van der Waals surface area contributed by atoms with Crippen LogP contribution in [0.25, 0.3) is 75.8 Å². The minimum Gasteiger partial charge on any atom is -0.310 e. The molecule has 10 aromatic rings. The zero-order valence-corrected chi connectivity index (χ0v) is 33.9. The van der Waals surface area contributed by atoms with Gasteiger partial charge in [0.05, 0.1) is 5.69 Å². The minimum absolute atomic E-state index is 0.0941. The van der Waals surface area contributed by atoms with Crippen molar-refractivity contribution >= 4 is 48.6 Å². The zero-order valence-electron chi connectivity index (χ0n) is 33.1. The lowest BCUT2D eigenvalue weighted by Gasteiger charge is -2.29. The van der Waals surface area contributed by atoms with Gasteiger partial charge in [-0.2, -0.15) is 0 Å². The molecule has 0 bridgehead atoms. The van der Waals surface area contributed by atoms with E-state index in [9.17, 15) is 0 Å². The molecule has 0 unspecified atom stereocenters. The summed E-state index contributed by atoms with van der Waals surface area (Å²) in [5, 5.41) is 2.65. The molecule has 0 amide bonds. The maximum atomic E-state index is 2.46. The molecule has 2 heteroatoms. The summed E-state index contributed by atoms with van der Waals surface area (Å²) >= 11 is 1.87. The highest BCUT2D eigenvalue weighted by Gasteiger charge is 2.37. The van der Waals surface area contributed by atoms with E-state index in [-0.39, 0.29) is 5.41 Å². The van der Waals surface area contributed by atoms with Crippen molar-refractivity contribution in [2.45, 2.75) is 19.3 Å². The Hall–Kier alpha value is -7.00. The first-order valence-electron chi connectivity index (χ1n) is 20.4. The molecule has 0 saturated heterocycles. The van der Waals surface area contributed by atoms with Crippen molar-refractivity contribution < 1.29 is 0 Å². The predicted molar refractivity (Wildman–Crippen MR) is 253 cm³/mol. The van der Waals surface area contributed by atoms with Crippen LogP contribution in [0.4, 0.5) is 17.1 Å². The van der Waals surface area contributed by atoms with E-state index in [1.165, 1.54) is 86.9 Å². The third kappa shape index (κ3) is 5.91. The van der Waals surface area contributed by atoms with E-state index < -0.39 is 0 Å². The van der Waals surface area contributed by atoms with Crippen LogP contribution in [-0.4, -0.2) is 0 Å². The van der Waals surface area contributed by atoms with E-state index >= 15 is 0 Å². The molecule has 0 fully saturated rings. The van der Waals surface area contributed by atoms with Gasteiger partial charge in [0.15, 0.2) is 0 Å². The van der Waals surface area contributed by atoms with Crippen LogP contribution in [0.15, 0.2) is 212 Å². The number of hydrogen-bond acceptors (Lipinski definition) is 2. The van der Waals surface area contributed by atoms with Crippen molar-refractivity contribution in [2.75, 3.05) is 4.90 Å². The fraction of sp³-hybridized carbons (Fsp3) is 0.0526. The van der Waals surface area contributed by atoms with Crippen molar-refractivity contribution in [2.24, 2.45) is 0 Å². The van der Waals surface area contributed by atoms with E-state index in [0.717, 1.165) is 17.1 Å². The Labute approximate surface area is 350 Å². The molecular formula is C57H41NS. The summed E-state index contributed by atoms with van der Waals surface area (Å²) in [4.78, 5) is 2.46. The predicted octanol–water partition coefficient (Wildman–Crippen LogP) is 16.5. The number of hydrogen-bond donors (Lipinski definition) is 0. The van der Waals surface area contributed by atoms with Gasteiger partial charge in [-0.25, -0.2) is 0 Å². The summed E-state index contributed by atoms with van der Waals surface area (Å²) in [6, 6.07) is 78.1. The highest BCUT2D eigenvalue weighted by atomic mass is 32.1. The van der Waals surface area contributed by atoms with E-state index in [1.807, 2.05) is 11.3 Å². The Bertz CT molecular complexity index is 3170. The van der Waals surface area contributed by atoms with Gasteiger partial charge in [-0.1, -0.05) is 184 Å². The number of anilines is 3. The number of rotatable bonds is 7. The first kappa shape index (κ1) is 35.2. The van der Waals surface area contributed by atoms with Gasteiger partial charge in [0.1, 0.15) is 0 Å². The molecule has 1 aromatic heterocycles. The molecule has 0 N–H and O–H groups in total. The number of thiophene rings is 1. The molecule has 0 aliphatic heterocycles. The van der Waals surface area contributed by atoms with E-state index in [2.05, 4.69) is 231 Å². The van der Waals surface area contributed by atoms with Gasteiger partial charge in [0, 0.05) is 42.5 Å². The maximum Gasteiger partial charge on any atom is 0.0540 e. The van der Waals surface area contributed by atoms with Crippen molar-refractivity contribution in [3.8, 4) is 55.6 Å². The summed E-state index contributed by atoms with van der Waals surface area (Å²) < 4.78 is 2.64. The zero-order chi connectivity index (χ0) is 39.5. The van der Waals surface area contributed by atoms with Crippen molar-refractivity contribution in [1.29, 1.82) is 0 Å². The van der Waals surface area contributed by atoms with Gasteiger partial charge >= 0.3 is 0 Å². The van der Waals surface area contributed by atoms with E-state index in [0.29, 0.717) is 0 Å². The Kier molecular flexibility index (Phi) is 8.43. The van der Waals surface area contributed by atoms with Crippen LogP contribution in [0.5, 0.6) is 0 Å². The standard InChI is InChI=1S/C57H41NS/c1-57(2)51-24-12-9-22-49(51)56-48(23-15-25-52(56)57)45-20-10-13-26-53(45)58(43-33-35-44(39-16-5-3-6-17-39)50(37-43)40-18-7-4-8-19-40)42-31-28-38(29-32-42)41-30-34-47-46-21-11-14-27-54(46)59-55(47)36-41/h3-37H,1-2H3. The molecule has 9 aromatic carbocycles. The van der Waals surface area contributed by atoms with Gasteiger partial charge in [0.25, 0.3) is 0 Å². The van der Waals surface area contributed by atoms with Crippen LogP contribution in [-0.2, 0) is 5.41 Å².